The summed E-state index contributed by atoms with van der Waals surface area (Å²) < 4.78 is 4.93. The fourth-order valence-electron chi connectivity index (χ4n) is 1.21. The van der Waals surface area contributed by atoms with Crippen LogP contribution in [0, 0.1) is 11.3 Å². The zero-order valence-electron chi connectivity index (χ0n) is 9.69. The number of carbonyl (C=O) groups excluding carboxylic acids is 1. The van der Waals surface area contributed by atoms with Crippen LogP contribution in [0.4, 0.5) is 10.5 Å². The number of nitrogens with one attached hydrogen (secondary N) is 2. The molecule has 90 valence electrons. The Morgan fingerprint density at radius 2 is 2.35 bits per heavy atom. The van der Waals surface area contributed by atoms with Crippen molar-refractivity contribution in [2.24, 2.45) is 0 Å². The zero-order valence-corrected chi connectivity index (χ0v) is 9.69. The van der Waals surface area contributed by atoms with Gasteiger partial charge in [0.1, 0.15) is 6.61 Å². The molecular formula is C12H15N3O2. The summed E-state index contributed by atoms with van der Waals surface area (Å²) in [6.45, 7) is 3.77. The Morgan fingerprint density at radius 3 is 3.06 bits per heavy atom. The monoisotopic (exact) mass is 233 g/mol. The normalized spacial score (nSPS) is 9.41. The van der Waals surface area contributed by atoms with Crippen LogP contribution in [-0.2, 0) is 4.74 Å². The lowest BCUT2D eigenvalue weighted by Gasteiger charge is -2.07. The maximum Gasteiger partial charge on any atom is 0.411 e. The van der Waals surface area contributed by atoms with Crippen molar-refractivity contribution in [3.63, 3.8) is 0 Å². The van der Waals surface area contributed by atoms with Crippen LogP contribution in [-0.4, -0.2) is 25.8 Å². The molecule has 1 rings (SSSR count). The van der Waals surface area contributed by atoms with Crippen molar-refractivity contribution < 1.29 is 9.53 Å². The highest BCUT2D eigenvalue weighted by atomic mass is 16.5. The SMILES string of the molecule is CCNCCOC(=O)Nc1cccc(C#N)c1. The van der Waals surface area contributed by atoms with Gasteiger partial charge < -0.3 is 10.1 Å². The fourth-order valence-corrected chi connectivity index (χ4v) is 1.21. The second kappa shape index (κ2) is 7.25. The molecule has 1 aromatic rings. The smallest absolute Gasteiger partial charge is 0.411 e. The molecule has 0 aliphatic heterocycles. The number of likely N-dealkylation sites (N-methyl/N-ethyl adjacent to an activating group) is 1. The minimum atomic E-state index is -0.516. The van der Waals surface area contributed by atoms with E-state index in [1.54, 1.807) is 24.3 Å². The molecule has 1 aromatic carbocycles. The number of nitrogens with zero attached hydrogens (tertiary/aromatic N) is 1. The predicted octanol–water partition coefficient (Wildman–Crippen LogP) is 1.72. The Bertz CT molecular complexity index is 412. The van der Waals surface area contributed by atoms with Crippen LogP contribution in [0.2, 0.25) is 0 Å². The summed E-state index contributed by atoms with van der Waals surface area (Å²) in [6, 6.07) is 8.66. The van der Waals surface area contributed by atoms with Crippen LogP contribution in [0.1, 0.15) is 12.5 Å². The number of anilines is 1. The molecule has 0 bridgehead atoms. The first-order valence-electron chi connectivity index (χ1n) is 5.41. The van der Waals surface area contributed by atoms with Crippen LogP contribution in [0.25, 0.3) is 0 Å². The van der Waals surface area contributed by atoms with Crippen LogP contribution in [0.15, 0.2) is 24.3 Å². The van der Waals surface area contributed by atoms with Crippen LogP contribution >= 0.6 is 0 Å². The molecule has 0 spiro atoms. The van der Waals surface area contributed by atoms with Crippen molar-refractivity contribution in [2.45, 2.75) is 6.92 Å². The van der Waals surface area contributed by atoms with E-state index in [4.69, 9.17) is 10.00 Å². The molecule has 0 saturated heterocycles. The summed E-state index contributed by atoms with van der Waals surface area (Å²) >= 11 is 0. The molecule has 1 amide bonds. The van der Waals surface area contributed by atoms with Crippen molar-refractivity contribution in [1.82, 2.24) is 5.32 Å². The summed E-state index contributed by atoms with van der Waals surface area (Å²) in [5.41, 5.74) is 1.05. The summed E-state index contributed by atoms with van der Waals surface area (Å²) in [6.07, 6.45) is -0.516. The van der Waals surface area contributed by atoms with E-state index in [0.29, 0.717) is 24.4 Å². The Hall–Kier alpha value is -2.06. The van der Waals surface area contributed by atoms with E-state index < -0.39 is 6.09 Å². The van der Waals surface area contributed by atoms with Crippen molar-refractivity contribution >= 4 is 11.8 Å². The average molecular weight is 233 g/mol. The van der Waals surface area contributed by atoms with E-state index in [0.717, 1.165) is 6.54 Å². The molecule has 0 saturated carbocycles. The largest absolute Gasteiger partial charge is 0.448 e. The Morgan fingerprint density at radius 1 is 1.53 bits per heavy atom. The molecule has 0 atom stereocenters. The van der Waals surface area contributed by atoms with Gasteiger partial charge >= 0.3 is 6.09 Å². The number of hydrogen-bond acceptors (Lipinski definition) is 4. The molecule has 0 aliphatic carbocycles. The lowest BCUT2D eigenvalue weighted by Crippen LogP contribution is -2.23. The van der Waals surface area contributed by atoms with Gasteiger partial charge in [-0.25, -0.2) is 4.79 Å². The lowest BCUT2D eigenvalue weighted by atomic mass is 10.2. The average Bonchev–Trinajstić information content (AvgIpc) is 2.35. The highest BCUT2D eigenvalue weighted by Gasteiger charge is 2.02. The van der Waals surface area contributed by atoms with E-state index in [1.807, 2.05) is 13.0 Å². The van der Waals surface area contributed by atoms with E-state index in [-0.39, 0.29) is 0 Å². The van der Waals surface area contributed by atoms with Gasteiger partial charge in [0, 0.05) is 12.2 Å². The number of benzene rings is 1. The summed E-state index contributed by atoms with van der Waals surface area (Å²) in [5.74, 6) is 0. The second-order valence-corrected chi connectivity index (χ2v) is 3.31. The maximum absolute atomic E-state index is 11.3. The lowest BCUT2D eigenvalue weighted by molar-refractivity contribution is 0.162. The Labute approximate surface area is 100 Å². The first-order chi connectivity index (χ1) is 8.26. The molecule has 5 heteroatoms. The molecule has 0 unspecified atom stereocenters. The molecule has 5 nitrogen and oxygen atoms in total. The van der Waals surface area contributed by atoms with Crippen molar-refractivity contribution in [3.8, 4) is 6.07 Å². The quantitative estimate of drug-likeness (QED) is 0.759. The highest BCUT2D eigenvalue weighted by Crippen LogP contribution is 2.09. The van der Waals surface area contributed by atoms with Crippen molar-refractivity contribution in [1.29, 1.82) is 5.26 Å². The minimum absolute atomic E-state index is 0.317. The van der Waals surface area contributed by atoms with E-state index in [9.17, 15) is 4.79 Å². The van der Waals surface area contributed by atoms with Crippen molar-refractivity contribution in [3.05, 3.63) is 29.8 Å². The van der Waals surface area contributed by atoms with E-state index in [1.165, 1.54) is 0 Å². The van der Waals surface area contributed by atoms with Crippen LogP contribution in [0.3, 0.4) is 0 Å². The first kappa shape index (κ1) is 13.0. The predicted molar refractivity (Wildman–Crippen MR) is 64.7 cm³/mol. The van der Waals surface area contributed by atoms with Crippen LogP contribution < -0.4 is 10.6 Å². The second-order valence-electron chi connectivity index (χ2n) is 3.31. The molecule has 2 N–H and O–H groups in total. The molecular weight excluding hydrogens is 218 g/mol. The van der Waals surface area contributed by atoms with Gasteiger partial charge in [-0.3, -0.25) is 5.32 Å². The van der Waals surface area contributed by atoms with Gasteiger partial charge in [0.25, 0.3) is 0 Å². The van der Waals surface area contributed by atoms with Gasteiger partial charge in [-0.1, -0.05) is 13.0 Å². The minimum Gasteiger partial charge on any atom is -0.448 e. The van der Waals surface area contributed by atoms with Gasteiger partial charge in [-0.15, -0.1) is 0 Å². The molecule has 0 radical (unpaired) electrons. The first-order valence-corrected chi connectivity index (χ1v) is 5.41. The third-order valence-electron chi connectivity index (χ3n) is 2.00. The van der Waals surface area contributed by atoms with Crippen LogP contribution in [0.5, 0.6) is 0 Å². The Kier molecular flexibility index (Phi) is 5.55. The van der Waals surface area contributed by atoms with Crippen molar-refractivity contribution in [2.75, 3.05) is 25.0 Å². The zero-order chi connectivity index (χ0) is 12.5. The number of amides is 1. The number of carbonyl (C=O) groups is 1. The summed E-state index contributed by atoms with van der Waals surface area (Å²) in [4.78, 5) is 11.3. The molecule has 0 aliphatic rings. The number of nitriles is 1. The fraction of sp³-hybridized carbons (Fsp3) is 0.333. The molecule has 0 aromatic heterocycles. The van der Waals surface area contributed by atoms with Gasteiger partial charge in [0.2, 0.25) is 0 Å². The highest BCUT2D eigenvalue weighted by molar-refractivity contribution is 5.84. The number of hydrogen-bond donors (Lipinski definition) is 2. The van der Waals surface area contributed by atoms with Gasteiger partial charge in [-0.05, 0) is 24.7 Å². The summed E-state index contributed by atoms with van der Waals surface area (Å²) in [5, 5.41) is 14.3. The number of ether oxygens (including phenoxy) is 1. The standard InChI is InChI=1S/C12H15N3O2/c1-2-14-6-7-17-12(16)15-11-5-3-4-10(8-11)9-13/h3-5,8,14H,2,6-7H2,1H3,(H,15,16). The topological polar surface area (TPSA) is 74.2 Å². The molecule has 0 heterocycles. The maximum atomic E-state index is 11.3. The van der Waals surface area contributed by atoms with Gasteiger partial charge in [0.15, 0.2) is 0 Å². The number of rotatable bonds is 5. The van der Waals surface area contributed by atoms with Gasteiger partial charge in [0.05, 0.1) is 11.6 Å². The molecule has 17 heavy (non-hydrogen) atoms. The summed E-state index contributed by atoms with van der Waals surface area (Å²) in [7, 11) is 0. The third-order valence-corrected chi connectivity index (χ3v) is 2.00. The van der Waals surface area contributed by atoms with Gasteiger partial charge in [-0.2, -0.15) is 5.26 Å². The Balaban J connectivity index is 2.37. The molecule has 0 fully saturated rings. The third kappa shape index (κ3) is 5.00. The van der Waals surface area contributed by atoms with E-state index in [2.05, 4.69) is 10.6 Å². The van der Waals surface area contributed by atoms with E-state index >= 15 is 0 Å².